The molecule has 0 aliphatic carbocycles. The number of nitrogens with zero attached hydrogens (tertiary/aromatic N) is 1. The lowest BCUT2D eigenvalue weighted by Gasteiger charge is -2.39. The number of piperidine rings is 1. The van der Waals surface area contributed by atoms with Gasteiger partial charge in [0.2, 0.25) is 0 Å². The normalized spacial score (nSPS) is 26.8. The molecule has 2 rings (SSSR count). The van der Waals surface area contributed by atoms with Crippen molar-refractivity contribution in [3.05, 3.63) is 0 Å². The molecule has 0 aromatic rings. The van der Waals surface area contributed by atoms with Gasteiger partial charge in [-0.3, -0.25) is 0 Å². The van der Waals surface area contributed by atoms with Crippen LogP contribution in [0.1, 0.15) is 53.4 Å². The number of carbonyl (C=O) groups is 2. The van der Waals surface area contributed by atoms with Gasteiger partial charge in [-0.05, 0) is 53.4 Å². The minimum atomic E-state index is -3.04. The van der Waals surface area contributed by atoms with E-state index in [0.29, 0.717) is 13.0 Å². The first kappa shape index (κ1) is 20.8. The first-order chi connectivity index (χ1) is 12.0. The SMILES string of the molecule is C[C@H](NC(=O)OC(C)(C)C)[C@@H]1CCCCN1C(=O)N[C@H]1CCS(=O)(=O)C1. The Morgan fingerprint density at radius 3 is 2.46 bits per heavy atom. The molecular weight excluding hydrogens is 358 g/mol. The van der Waals surface area contributed by atoms with Gasteiger partial charge in [0, 0.05) is 18.6 Å². The van der Waals surface area contributed by atoms with Crippen LogP contribution < -0.4 is 10.6 Å². The molecule has 0 aromatic heterocycles. The maximum absolute atomic E-state index is 12.7. The van der Waals surface area contributed by atoms with Crippen molar-refractivity contribution in [3.63, 3.8) is 0 Å². The van der Waals surface area contributed by atoms with E-state index in [1.165, 1.54) is 0 Å². The molecule has 0 saturated carbocycles. The summed E-state index contributed by atoms with van der Waals surface area (Å²) >= 11 is 0. The Labute approximate surface area is 155 Å². The number of hydrogen-bond acceptors (Lipinski definition) is 5. The third kappa shape index (κ3) is 6.03. The molecule has 26 heavy (non-hydrogen) atoms. The summed E-state index contributed by atoms with van der Waals surface area (Å²) in [5.74, 6) is 0.126. The van der Waals surface area contributed by atoms with Crippen molar-refractivity contribution < 1.29 is 22.7 Å². The highest BCUT2D eigenvalue weighted by atomic mass is 32.2. The standard InChI is InChI=1S/C17H31N3O5S/c1-12(18-16(22)25-17(2,3)4)14-7-5-6-9-20(14)15(21)19-13-8-10-26(23,24)11-13/h12-14H,5-11H2,1-4H3,(H,18,22)(H,19,21)/t12-,13-,14-/m0/s1. The van der Waals surface area contributed by atoms with E-state index < -0.39 is 21.5 Å². The second-order valence-corrected chi connectivity index (χ2v) is 10.5. The Morgan fingerprint density at radius 1 is 1.19 bits per heavy atom. The van der Waals surface area contributed by atoms with Crippen molar-refractivity contribution in [2.45, 2.75) is 77.1 Å². The molecule has 2 heterocycles. The molecule has 0 spiro atoms. The fraction of sp³-hybridized carbons (Fsp3) is 0.882. The molecule has 2 saturated heterocycles. The summed E-state index contributed by atoms with van der Waals surface area (Å²) in [6.07, 6.45) is 2.61. The van der Waals surface area contributed by atoms with Crippen molar-refractivity contribution in [1.82, 2.24) is 15.5 Å². The maximum Gasteiger partial charge on any atom is 0.407 e. The van der Waals surface area contributed by atoms with Gasteiger partial charge in [-0.1, -0.05) is 0 Å². The Morgan fingerprint density at radius 2 is 1.88 bits per heavy atom. The highest BCUT2D eigenvalue weighted by Crippen LogP contribution is 2.21. The van der Waals surface area contributed by atoms with Gasteiger partial charge >= 0.3 is 12.1 Å². The fourth-order valence-electron chi connectivity index (χ4n) is 3.49. The Balaban J connectivity index is 1.95. The average molecular weight is 390 g/mol. The molecule has 9 heteroatoms. The second-order valence-electron chi connectivity index (χ2n) is 8.24. The second kappa shape index (κ2) is 8.02. The number of nitrogens with one attached hydrogen (secondary N) is 2. The van der Waals surface area contributed by atoms with Gasteiger partial charge in [0.15, 0.2) is 9.84 Å². The minimum Gasteiger partial charge on any atom is -0.444 e. The molecule has 3 atom stereocenters. The van der Waals surface area contributed by atoms with E-state index >= 15 is 0 Å². The molecule has 2 fully saturated rings. The fourth-order valence-corrected chi connectivity index (χ4v) is 5.16. The van der Waals surface area contributed by atoms with E-state index in [1.807, 2.05) is 6.92 Å². The van der Waals surface area contributed by atoms with Crippen molar-refractivity contribution >= 4 is 22.0 Å². The van der Waals surface area contributed by atoms with E-state index in [1.54, 1.807) is 25.7 Å². The van der Waals surface area contributed by atoms with Crippen molar-refractivity contribution in [1.29, 1.82) is 0 Å². The monoisotopic (exact) mass is 389 g/mol. The quantitative estimate of drug-likeness (QED) is 0.764. The van der Waals surface area contributed by atoms with Crippen LogP contribution in [-0.4, -0.2) is 67.2 Å². The summed E-state index contributed by atoms with van der Waals surface area (Å²) < 4.78 is 28.5. The summed E-state index contributed by atoms with van der Waals surface area (Å²) in [4.78, 5) is 26.4. The molecule has 3 amide bonds. The van der Waals surface area contributed by atoms with Crippen LogP contribution in [0.5, 0.6) is 0 Å². The minimum absolute atomic E-state index is 0.00294. The first-order valence-corrected chi connectivity index (χ1v) is 11.1. The Kier molecular flexibility index (Phi) is 6.42. The van der Waals surface area contributed by atoms with Crippen LogP contribution in [0.3, 0.4) is 0 Å². The van der Waals surface area contributed by atoms with Gasteiger partial charge < -0.3 is 20.3 Å². The number of likely N-dealkylation sites (tertiary alicyclic amines) is 1. The lowest BCUT2D eigenvalue weighted by molar-refractivity contribution is 0.0461. The molecule has 0 aromatic carbocycles. The number of alkyl carbamates (subject to hydrolysis) is 1. The number of urea groups is 1. The summed E-state index contributed by atoms with van der Waals surface area (Å²) in [5.41, 5.74) is -0.582. The van der Waals surface area contributed by atoms with Crippen LogP contribution in [0.2, 0.25) is 0 Å². The molecule has 2 aliphatic rings. The molecule has 2 N–H and O–H groups in total. The number of ether oxygens (including phenoxy) is 1. The summed E-state index contributed by atoms with van der Waals surface area (Å²) in [7, 11) is -3.04. The van der Waals surface area contributed by atoms with E-state index in [2.05, 4.69) is 10.6 Å². The highest BCUT2D eigenvalue weighted by Gasteiger charge is 2.35. The summed E-state index contributed by atoms with van der Waals surface area (Å²) in [6, 6.07) is -0.990. The van der Waals surface area contributed by atoms with E-state index in [-0.39, 0.29) is 35.7 Å². The zero-order chi connectivity index (χ0) is 19.5. The molecule has 0 bridgehead atoms. The number of amides is 3. The van der Waals surface area contributed by atoms with Gasteiger partial charge in [0.25, 0.3) is 0 Å². The largest absolute Gasteiger partial charge is 0.444 e. The van der Waals surface area contributed by atoms with Gasteiger partial charge in [-0.15, -0.1) is 0 Å². The van der Waals surface area contributed by atoms with E-state index in [0.717, 1.165) is 19.3 Å². The van der Waals surface area contributed by atoms with Crippen LogP contribution in [-0.2, 0) is 14.6 Å². The Hall–Kier alpha value is -1.51. The summed E-state index contributed by atoms with van der Waals surface area (Å²) in [6.45, 7) is 7.85. The third-order valence-electron chi connectivity index (χ3n) is 4.69. The highest BCUT2D eigenvalue weighted by molar-refractivity contribution is 7.91. The predicted octanol–water partition coefficient (Wildman–Crippen LogP) is 1.65. The zero-order valence-corrected chi connectivity index (χ0v) is 16.9. The van der Waals surface area contributed by atoms with Crippen molar-refractivity contribution in [3.8, 4) is 0 Å². The molecule has 150 valence electrons. The zero-order valence-electron chi connectivity index (χ0n) is 16.1. The number of carbonyl (C=O) groups excluding carboxylic acids is 2. The molecular formula is C17H31N3O5S. The van der Waals surface area contributed by atoms with Gasteiger partial charge in [-0.2, -0.15) is 0 Å². The first-order valence-electron chi connectivity index (χ1n) is 9.24. The van der Waals surface area contributed by atoms with Crippen molar-refractivity contribution in [2.24, 2.45) is 0 Å². The topological polar surface area (TPSA) is 105 Å². The number of rotatable bonds is 3. The van der Waals surface area contributed by atoms with Gasteiger partial charge in [0.1, 0.15) is 5.60 Å². The third-order valence-corrected chi connectivity index (χ3v) is 6.46. The number of hydrogen-bond donors (Lipinski definition) is 2. The van der Waals surface area contributed by atoms with E-state index in [4.69, 9.17) is 4.74 Å². The van der Waals surface area contributed by atoms with Gasteiger partial charge in [-0.25, -0.2) is 18.0 Å². The lowest BCUT2D eigenvalue weighted by atomic mass is 9.97. The predicted molar refractivity (Wildman–Crippen MR) is 98.8 cm³/mol. The molecule has 0 unspecified atom stereocenters. The Bertz CT molecular complexity index is 629. The number of sulfone groups is 1. The molecule has 8 nitrogen and oxygen atoms in total. The lowest BCUT2D eigenvalue weighted by Crippen LogP contribution is -2.58. The van der Waals surface area contributed by atoms with Crippen molar-refractivity contribution in [2.75, 3.05) is 18.1 Å². The van der Waals surface area contributed by atoms with Crippen LogP contribution in [0.4, 0.5) is 9.59 Å². The van der Waals surface area contributed by atoms with Gasteiger partial charge in [0.05, 0.1) is 17.5 Å². The van der Waals surface area contributed by atoms with Crippen LogP contribution in [0.25, 0.3) is 0 Å². The van der Waals surface area contributed by atoms with Crippen LogP contribution >= 0.6 is 0 Å². The van der Waals surface area contributed by atoms with Crippen LogP contribution in [0, 0.1) is 0 Å². The smallest absolute Gasteiger partial charge is 0.407 e. The molecule has 2 aliphatic heterocycles. The molecule has 0 radical (unpaired) electrons. The average Bonchev–Trinajstić information content (AvgIpc) is 2.84. The summed E-state index contributed by atoms with van der Waals surface area (Å²) in [5, 5.41) is 5.66. The maximum atomic E-state index is 12.7. The van der Waals surface area contributed by atoms with Crippen LogP contribution in [0.15, 0.2) is 0 Å². The van der Waals surface area contributed by atoms with E-state index in [9.17, 15) is 18.0 Å².